The molecule has 0 saturated carbocycles. The normalized spacial score (nSPS) is 28.2. The van der Waals surface area contributed by atoms with Gasteiger partial charge >= 0.3 is 0 Å². The Morgan fingerprint density at radius 1 is 1.00 bits per heavy atom. The van der Waals surface area contributed by atoms with Gasteiger partial charge < -0.3 is 0 Å². The summed E-state index contributed by atoms with van der Waals surface area (Å²) < 4.78 is 0. The minimum atomic E-state index is 0.814. The van der Waals surface area contributed by atoms with E-state index in [9.17, 15) is 0 Å². The van der Waals surface area contributed by atoms with Crippen molar-refractivity contribution in [1.82, 2.24) is 14.9 Å². The average Bonchev–Trinajstić information content (AvgIpc) is 2.44. The van der Waals surface area contributed by atoms with Gasteiger partial charge in [0.1, 0.15) is 0 Å². The maximum absolute atomic E-state index is 2.62. The molecule has 0 atom stereocenters. The van der Waals surface area contributed by atoms with Crippen LogP contribution in [0.2, 0.25) is 0 Å². The van der Waals surface area contributed by atoms with E-state index < -0.39 is 0 Å². The summed E-state index contributed by atoms with van der Waals surface area (Å²) in [4.78, 5) is 2.62. The van der Waals surface area contributed by atoms with Gasteiger partial charge in [0.05, 0.1) is 0 Å². The van der Waals surface area contributed by atoms with E-state index in [0.29, 0.717) is 0 Å². The minimum absolute atomic E-state index is 0.814. The summed E-state index contributed by atoms with van der Waals surface area (Å²) in [5.74, 6) is 0. The highest BCUT2D eigenvalue weighted by Crippen LogP contribution is 2.19. The third-order valence-electron chi connectivity index (χ3n) is 3.38. The lowest BCUT2D eigenvalue weighted by Crippen LogP contribution is -2.47. The Balaban J connectivity index is 1.88. The smallest absolute Gasteiger partial charge is 0.0378 e. The molecule has 0 bridgehead atoms. The third kappa shape index (κ3) is 1.73. The van der Waals surface area contributed by atoms with E-state index in [-0.39, 0.29) is 0 Å². The Kier molecular flexibility index (Phi) is 2.86. The van der Waals surface area contributed by atoms with Crippen molar-refractivity contribution in [3.8, 4) is 0 Å². The van der Waals surface area contributed by atoms with Crippen LogP contribution < -0.4 is 0 Å². The first kappa shape index (κ1) is 9.44. The number of nitrogens with zero attached hydrogens (tertiary/aromatic N) is 3. The van der Waals surface area contributed by atoms with Gasteiger partial charge in [-0.1, -0.05) is 13.8 Å². The van der Waals surface area contributed by atoms with Gasteiger partial charge in [-0.15, -0.1) is 0 Å². The molecule has 3 heteroatoms. The quantitative estimate of drug-likeness (QED) is 0.635. The summed E-state index contributed by atoms with van der Waals surface area (Å²) in [6.07, 6.45) is 1.41. The number of likely N-dealkylation sites (N-methyl/N-ethyl adjacent to an activating group) is 2. The van der Waals surface area contributed by atoms with Crippen molar-refractivity contribution in [3.05, 3.63) is 0 Å². The first-order chi connectivity index (χ1) is 6.35. The molecule has 0 radical (unpaired) electrons. The summed E-state index contributed by atoms with van der Waals surface area (Å²) >= 11 is 0. The molecule has 0 N–H and O–H groups in total. The Morgan fingerprint density at radius 2 is 1.54 bits per heavy atom. The molecule has 2 heterocycles. The standard InChI is InChI=1S/C10H21N3/c1-3-12-8-10(9-13(12)4-2)11-6-5-7-11/h10H,3-9H2,1-2H3. The van der Waals surface area contributed by atoms with Crippen LogP contribution in [0.15, 0.2) is 0 Å². The minimum Gasteiger partial charge on any atom is -0.298 e. The van der Waals surface area contributed by atoms with Crippen LogP contribution in [0, 0.1) is 0 Å². The summed E-state index contributed by atoms with van der Waals surface area (Å²) in [5.41, 5.74) is 0. The zero-order chi connectivity index (χ0) is 9.26. The monoisotopic (exact) mass is 183 g/mol. The summed E-state index contributed by atoms with van der Waals surface area (Å²) in [7, 11) is 0. The molecule has 2 saturated heterocycles. The van der Waals surface area contributed by atoms with E-state index in [2.05, 4.69) is 28.8 Å². The first-order valence-electron chi connectivity index (χ1n) is 5.59. The SMILES string of the molecule is CCN1CC(N2CCC2)CN1CC. The van der Waals surface area contributed by atoms with Gasteiger partial charge in [0, 0.05) is 32.2 Å². The molecule has 2 aliphatic heterocycles. The van der Waals surface area contributed by atoms with Crippen LogP contribution in [0.5, 0.6) is 0 Å². The van der Waals surface area contributed by atoms with Crippen LogP contribution in [-0.2, 0) is 0 Å². The molecule has 3 nitrogen and oxygen atoms in total. The van der Waals surface area contributed by atoms with E-state index in [0.717, 1.165) is 19.1 Å². The van der Waals surface area contributed by atoms with Gasteiger partial charge in [-0.25, -0.2) is 10.0 Å². The lowest BCUT2D eigenvalue weighted by molar-refractivity contribution is 0.0388. The second-order valence-electron chi connectivity index (χ2n) is 4.05. The second kappa shape index (κ2) is 3.95. The van der Waals surface area contributed by atoms with Gasteiger partial charge in [0.25, 0.3) is 0 Å². The Bertz CT molecular complexity index is 156. The van der Waals surface area contributed by atoms with Crippen LogP contribution in [0.3, 0.4) is 0 Å². The van der Waals surface area contributed by atoms with Crippen LogP contribution in [0.4, 0.5) is 0 Å². The molecule has 0 aromatic carbocycles. The molecule has 0 spiro atoms. The third-order valence-corrected chi connectivity index (χ3v) is 3.38. The fraction of sp³-hybridized carbons (Fsp3) is 1.00. The van der Waals surface area contributed by atoms with E-state index in [1.165, 1.54) is 32.6 Å². The molecule has 0 amide bonds. The summed E-state index contributed by atoms with van der Waals surface area (Å²) in [6.45, 7) is 12.0. The maximum Gasteiger partial charge on any atom is 0.0378 e. The van der Waals surface area contributed by atoms with E-state index in [1.807, 2.05) is 0 Å². The van der Waals surface area contributed by atoms with Gasteiger partial charge in [-0.2, -0.15) is 0 Å². The number of likely N-dealkylation sites (tertiary alicyclic amines) is 1. The zero-order valence-electron chi connectivity index (χ0n) is 8.87. The fourth-order valence-electron chi connectivity index (χ4n) is 2.37. The van der Waals surface area contributed by atoms with Crippen LogP contribution in [-0.4, -0.2) is 60.2 Å². The molecule has 0 aromatic rings. The predicted octanol–water partition coefficient (Wildman–Crippen LogP) is 0.633. The maximum atomic E-state index is 2.62. The van der Waals surface area contributed by atoms with E-state index in [1.54, 1.807) is 0 Å². The molecule has 0 aromatic heterocycles. The summed E-state index contributed by atoms with van der Waals surface area (Å²) in [5, 5.41) is 4.98. The van der Waals surface area contributed by atoms with Crippen LogP contribution in [0.1, 0.15) is 20.3 Å². The van der Waals surface area contributed by atoms with Crippen LogP contribution in [0.25, 0.3) is 0 Å². The topological polar surface area (TPSA) is 9.72 Å². The molecular weight excluding hydrogens is 162 g/mol. The van der Waals surface area contributed by atoms with Crippen molar-refractivity contribution < 1.29 is 0 Å². The highest BCUT2D eigenvalue weighted by molar-refractivity contribution is 4.87. The number of hydrogen-bond donors (Lipinski definition) is 0. The van der Waals surface area contributed by atoms with E-state index in [4.69, 9.17) is 0 Å². The van der Waals surface area contributed by atoms with Gasteiger partial charge in [-0.3, -0.25) is 4.90 Å². The van der Waals surface area contributed by atoms with Gasteiger partial charge in [0.15, 0.2) is 0 Å². The van der Waals surface area contributed by atoms with E-state index >= 15 is 0 Å². The molecular formula is C10H21N3. The van der Waals surface area contributed by atoms with Crippen molar-refractivity contribution >= 4 is 0 Å². The molecule has 2 rings (SSSR count). The largest absolute Gasteiger partial charge is 0.298 e. The Morgan fingerprint density at radius 3 is 1.85 bits per heavy atom. The highest BCUT2D eigenvalue weighted by Gasteiger charge is 2.33. The number of hydrazine groups is 1. The van der Waals surface area contributed by atoms with Crippen molar-refractivity contribution in [2.75, 3.05) is 39.3 Å². The zero-order valence-corrected chi connectivity index (χ0v) is 8.87. The lowest BCUT2D eigenvalue weighted by Gasteiger charge is -2.35. The average molecular weight is 183 g/mol. The lowest BCUT2D eigenvalue weighted by atomic mass is 10.1. The first-order valence-corrected chi connectivity index (χ1v) is 5.59. The molecule has 2 fully saturated rings. The highest BCUT2D eigenvalue weighted by atomic mass is 15.7. The summed E-state index contributed by atoms with van der Waals surface area (Å²) in [6, 6.07) is 0.814. The Labute approximate surface area is 81.3 Å². The fourth-order valence-corrected chi connectivity index (χ4v) is 2.37. The van der Waals surface area contributed by atoms with Crippen molar-refractivity contribution in [1.29, 1.82) is 0 Å². The molecule has 2 aliphatic rings. The predicted molar refractivity (Wildman–Crippen MR) is 54.5 cm³/mol. The number of hydrogen-bond acceptors (Lipinski definition) is 3. The van der Waals surface area contributed by atoms with Crippen molar-refractivity contribution in [2.45, 2.75) is 26.3 Å². The molecule has 76 valence electrons. The molecule has 13 heavy (non-hydrogen) atoms. The van der Waals surface area contributed by atoms with Crippen molar-refractivity contribution in [2.24, 2.45) is 0 Å². The molecule has 0 aliphatic carbocycles. The Hall–Kier alpha value is -0.120. The second-order valence-corrected chi connectivity index (χ2v) is 4.05. The number of rotatable bonds is 3. The van der Waals surface area contributed by atoms with Crippen LogP contribution >= 0.6 is 0 Å². The van der Waals surface area contributed by atoms with Gasteiger partial charge in [0.2, 0.25) is 0 Å². The molecule has 0 unspecified atom stereocenters. The van der Waals surface area contributed by atoms with Gasteiger partial charge in [-0.05, 0) is 19.5 Å². The van der Waals surface area contributed by atoms with Crippen molar-refractivity contribution in [3.63, 3.8) is 0 Å².